The summed E-state index contributed by atoms with van der Waals surface area (Å²) < 4.78 is 28.5. The Bertz CT molecular complexity index is 2450. The van der Waals surface area contributed by atoms with Gasteiger partial charge in [0.25, 0.3) is 0 Å². The minimum Gasteiger partial charge on any atom is -1.00 e. The van der Waals surface area contributed by atoms with Gasteiger partial charge in [0, 0.05) is 44.9 Å². The van der Waals surface area contributed by atoms with Gasteiger partial charge in [-0.05, 0) is 44.9 Å². The summed E-state index contributed by atoms with van der Waals surface area (Å²) in [4.78, 5) is 0. The summed E-state index contributed by atoms with van der Waals surface area (Å²) in [5, 5.41) is 83.2. The topological polar surface area (TPSA) is 297 Å². The van der Waals surface area contributed by atoms with Crippen molar-refractivity contribution in [2.45, 2.75) is 136 Å². The fourth-order valence-electron chi connectivity index (χ4n) is 6.82. The highest BCUT2D eigenvalue weighted by Gasteiger charge is 2.03. The maximum atomic E-state index is 8.42. The van der Waals surface area contributed by atoms with Gasteiger partial charge in [-0.2, -0.15) is 36.8 Å². The van der Waals surface area contributed by atoms with Crippen molar-refractivity contribution >= 4 is 7.32 Å². The van der Waals surface area contributed by atoms with Gasteiger partial charge in [-0.1, -0.05) is 0 Å². The smallest absolute Gasteiger partial charge is 0.243 e. The minimum atomic E-state index is -2.92. The Morgan fingerprint density at radius 2 is 0.376 bits per heavy atom. The second-order valence-electron chi connectivity index (χ2n) is 18.3. The molecule has 0 atom stereocenters. The first-order valence-corrected chi connectivity index (χ1v) is 26.7. The Labute approximate surface area is 499 Å². The number of rotatable bonds is 21. The number of imidazole rings is 7. The molecule has 0 aliphatic rings. The summed E-state index contributed by atoms with van der Waals surface area (Å²) in [7, 11) is 11.0. The van der Waals surface area contributed by atoms with Gasteiger partial charge in [-0.3, -0.25) is 7.32 Å². The third-order valence-electron chi connectivity index (χ3n) is 10.7. The fourth-order valence-corrected chi connectivity index (χ4v) is 6.82. The van der Waals surface area contributed by atoms with Crippen LogP contribution in [0.1, 0.15) is 89.9 Å². The van der Waals surface area contributed by atoms with Crippen molar-refractivity contribution in [3.05, 3.63) is 131 Å². The summed E-state index contributed by atoms with van der Waals surface area (Å²) in [5.74, 6) is 0. The average molecular weight is 1190 g/mol. The molecule has 7 aromatic heterocycles. The van der Waals surface area contributed by atoms with Gasteiger partial charge >= 0.3 is 0 Å². The van der Waals surface area contributed by atoms with E-state index >= 15 is 0 Å². The number of hydrogen-bond donors (Lipinski definition) is 0. The molecule has 0 aliphatic carbocycles. The van der Waals surface area contributed by atoms with Gasteiger partial charge in [0.2, 0.25) is 44.3 Å². The second kappa shape index (κ2) is 56.4. The molecule has 0 saturated carbocycles. The van der Waals surface area contributed by atoms with E-state index in [0.29, 0.717) is 44.9 Å². The maximum absolute atomic E-state index is 8.42. The first-order valence-electron chi connectivity index (χ1n) is 26.7. The summed E-state index contributed by atoms with van der Waals surface area (Å²) in [6, 6.07) is 14.9. The highest BCUT2D eigenvalue weighted by atomic mass is 19.0. The zero-order valence-corrected chi connectivity index (χ0v) is 50.2. The SMILES string of the molecule is C[n+]1ccn(CCCC#N)c1.C[n+]1ccn(CCCC#N)c1.C[n+]1ccn(CCCC#N)c1.C[n+]1ccn(CCCC#N)c1.C[n+]1ccn(CCCC#N)c1.C[n+]1ccn(CCCC#N)c1.C[n+]1ccn(CCCC#N)c1.[F-].[F-].[F-].[F-].[O-]B([O-])[O-]. The third kappa shape index (κ3) is 50.1. The number of aryl methyl sites for hydroxylation is 14. The van der Waals surface area contributed by atoms with Crippen LogP contribution >= 0.6 is 0 Å². The molecule has 29 heteroatoms. The maximum Gasteiger partial charge on any atom is 0.243 e. The van der Waals surface area contributed by atoms with Gasteiger partial charge in [-0.25, -0.2) is 63.9 Å². The monoisotopic (exact) mass is 1190 g/mol. The Morgan fingerprint density at radius 3 is 0.447 bits per heavy atom. The molecule has 0 fully saturated rings. The Hall–Kier alpha value is -9.44. The molecule has 0 unspecified atom stereocenters. The van der Waals surface area contributed by atoms with Crippen LogP contribution in [-0.4, -0.2) is 39.3 Å². The lowest BCUT2D eigenvalue weighted by Gasteiger charge is -2.35. The largest absolute Gasteiger partial charge is 1.00 e. The molecule has 0 N–H and O–H groups in total. The van der Waals surface area contributed by atoms with Crippen molar-refractivity contribution in [2.75, 3.05) is 0 Å². The van der Waals surface area contributed by atoms with Crippen LogP contribution in [0.2, 0.25) is 0 Å². The molecule has 7 aromatic rings. The summed E-state index contributed by atoms with van der Waals surface area (Å²) in [6.45, 7) is 6.57. The molecular formula is C56H84BF4N21O3. The van der Waals surface area contributed by atoms with Gasteiger partial charge < -0.3 is 33.9 Å². The molecule has 0 radical (unpaired) electrons. The zero-order chi connectivity index (χ0) is 60.3. The van der Waals surface area contributed by atoms with Gasteiger partial charge in [0.15, 0.2) is 0 Å². The van der Waals surface area contributed by atoms with E-state index in [2.05, 4.69) is 74.5 Å². The summed E-state index contributed by atoms with van der Waals surface area (Å²) in [6.07, 6.45) is 53.1. The van der Waals surface area contributed by atoms with Crippen molar-refractivity contribution < 1.29 is 65.9 Å². The molecule has 24 nitrogen and oxygen atoms in total. The van der Waals surface area contributed by atoms with Crippen molar-refractivity contribution in [1.82, 2.24) is 32.0 Å². The zero-order valence-electron chi connectivity index (χ0n) is 50.2. The predicted octanol–water partition coefficient (Wildman–Crippen LogP) is -11.6. The van der Waals surface area contributed by atoms with E-state index in [0.717, 1.165) is 90.8 Å². The highest BCUT2D eigenvalue weighted by molar-refractivity contribution is 6.24. The third-order valence-corrected chi connectivity index (χ3v) is 10.7. The molecule has 0 aliphatic heterocycles. The number of hydrogen-bond acceptors (Lipinski definition) is 10. The number of halogens is 4. The fraction of sp³-hybridized carbons (Fsp3) is 0.500. The van der Waals surface area contributed by atoms with Crippen molar-refractivity contribution in [1.29, 1.82) is 36.8 Å². The van der Waals surface area contributed by atoms with Crippen LogP contribution in [0, 0.1) is 79.3 Å². The van der Waals surface area contributed by atoms with Crippen molar-refractivity contribution in [3.8, 4) is 42.5 Å². The van der Waals surface area contributed by atoms with Crippen LogP contribution in [0.4, 0.5) is 0 Å². The van der Waals surface area contributed by atoms with Gasteiger partial charge in [0.1, 0.15) is 86.8 Å². The molecule has 7 heterocycles. The van der Waals surface area contributed by atoms with E-state index in [1.165, 1.54) is 0 Å². The van der Waals surface area contributed by atoms with E-state index < -0.39 is 7.32 Å². The first kappa shape index (κ1) is 84.4. The summed E-state index contributed by atoms with van der Waals surface area (Å²) >= 11 is 0. The Morgan fingerprint density at radius 1 is 0.271 bits per heavy atom. The van der Waals surface area contributed by atoms with Crippen LogP contribution < -0.4 is 65.9 Å². The standard InChI is InChI=1S/7C8H12N3.BO3.4FH/c7*1-10-6-7-11(8-10)5-3-2-4-9;2-1(3)4;;;;/h7*6-8H,2-3,5H2,1H3;;4*1H/q7*+1;-3;;;;/p-4. The lowest BCUT2D eigenvalue weighted by molar-refractivity contribution is -0.671. The quantitative estimate of drug-likeness (QED) is 0.0283. The van der Waals surface area contributed by atoms with Crippen molar-refractivity contribution in [2.24, 2.45) is 49.3 Å². The van der Waals surface area contributed by atoms with Crippen LogP contribution in [0.3, 0.4) is 0 Å². The molecule has 85 heavy (non-hydrogen) atoms. The first-order chi connectivity index (χ1) is 39.0. The normalized spacial score (nSPS) is 8.88. The number of unbranched alkanes of at least 4 members (excludes halogenated alkanes) is 7. The van der Waals surface area contributed by atoms with E-state index in [1.54, 1.807) is 0 Å². The molecule has 0 saturated heterocycles. The molecule has 0 aromatic carbocycles. The molecule has 0 bridgehead atoms. The predicted molar refractivity (Wildman–Crippen MR) is 289 cm³/mol. The molecule has 0 spiro atoms. The Balaban J connectivity index is -0.000000287. The van der Waals surface area contributed by atoms with Crippen LogP contribution in [-0.2, 0) is 95.1 Å². The van der Waals surface area contributed by atoms with E-state index in [1.807, 2.05) is 212 Å². The van der Waals surface area contributed by atoms with Crippen LogP contribution in [0.5, 0.6) is 0 Å². The lowest BCUT2D eigenvalue weighted by Crippen LogP contribution is -3.00. The van der Waals surface area contributed by atoms with E-state index in [4.69, 9.17) is 51.9 Å². The summed E-state index contributed by atoms with van der Waals surface area (Å²) in [5.41, 5.74) is 0. The van der Waals surface area contributed by atoms with Gasteiger partial charge in [0.05, 0.1) is 138 Å². The lowest BCUT2D eigenvalue weighted by atomic mass is 10.3. The van der Waals surface area contributed by atoms with Crippen LogP contribution in [0.25, 0.3) is 0 Å². The van der Waals surface area contributed by atoms with Crippen molar-refractivity contribution in [3.63, 3.8) is 0 Å². The average Bonchev–Trinajstić information content (AvgIpc) is 4.36. The number of nitriles is 7. The molecule has 0 amide bonds. The van der Waals surface area contributed by atoms with Crippen LogP contribution in [0.15, 0.2) is 131 Å². The van der Waals surface area contributed by atoms with E-state index in [-0.39, 0.29) is 18.8 Å². The minimum absolute atomic E-state index is 0. The Kier molecular flexibility index (Phi) is 56.0. The molecular weight excluding hydrogens is 1100 g/mol. The number of nitrogens with zero attached hydrogens (tertiary/aromatic N) is 21. The molecule has 7 rings (SSSR count). The number of aromatic nitrogens is 14. The highest BCUT2D eigenvalue weighted by Crippen LogP contribution is 1.97. The second-order valence-corrected chi connectivity index (χ2v) is 18.3. The van der Waals surface area contributed by atoms with E-state index in [9.17, 15) is 0 Å². The molecule has 462 valence electrons. The van der Waals surface area contributed by atoms with Gasteiger partial charge in [-0.15, -0.1) is 0 Å².